The van der Waals surface area contributed by atoms with E-state index in [0.717, 1.165) is 45.0 Å². The maximum Gasteiger partial charge on any atom is 0.225 e. The van der Waals surface area contributed by atoms with Crippen molar-refractivity contribution in [1.82, 2.24) is 15.2 Å². The Morgan fingerprint density at radius 3 is 2.94 bits per heavy atom. The van der Waals surface area contributed by atoms with E-state index < -0.39 is 0 Å². The molecule has 0 radical (unpaired) electrons. The molecule has 1 aliphatic heterocycles. The predicted octanol–water partition coefficient (Wildman–Crippen LogP) is 0.639. The zero-order valence-electron chi connectivity index (χ0n) is 10.0. The molecule has 0 aliphatic carbocycles. The largest absolute Gasteiger partial charge is 0.348 e. The first-order chi connectivity index (χ1) is 8.34. The zero-order valence-corrected chi connectivity index (χ0v) is 10.0. The Balaban J connectivity index is 1.59. The van der Waals surface area contributed by atoms with Crippen molar-refractivity contribution in [3.8, 4) is 0 Å². The molecule has 3 N–H and O–H groups in total. The Kier molecular flexibility index (Phi) is 4.58. The van der Waals surface area contributed by atoms with E-state index >= 15 is 0 Å². The van der Waals surface area contributed by atoms with Crippen LogP contribution in [0, 0.1) is 0 Å². The van der Waals surface area contributed by atoms with Gasteiger partial charge in [0.05, 0.1) is 0 Å². The fourth-order valence-corrected chi connectivity index (χ4v) is 2.02. The van der Waals surface area contributed by atoms with Crippen molar-refractivity contribution in [2.75, 3.05) is 38.0 Å². The molecule has 1 aromatic rings. The maximum absolute atomic E-state index is 11.6. The fraction of sp³-hybridized carbons (Fsp3) is 0.583. The summed E-state index contributed by atoms with van der Waals surface area (Å²) in [5.74, 6) is 0.861. The molecule has 2 heterocycles. The first-order valence-electron chi connectivity index (χ1n) is 6.21. The molecule has 17 heavy (non-hydrogen) atoms. The van der Waals surface area contributed by atoms with Crippen molar-refractivity contribution in [3.63, 3.8) is 0 Å². The molecule has 1 amide bonds. The molecule has 1 aromatic heterocycles. The summed E-state index contributed by atoms with van der Waals surface area (Å²) in [6.07, 6.45) is 3.31. The summed E-state index contributed by atoms with van der Waals surface area (Å²) in [4.78, 5) is 16.9. The Morgan fingerprint density at radius 1 is 1.41 bits per heavy atom. The van der Waals surface area contributed by atoms with Crippen LogP contribution in [0.4, 0.5) is 5.82 Å². The third-order valence-electron chi connectivity index (χ3n) is 2.96. The first-order valence-corrected chi connectivity index (χ1v) is 6.21. The van der Waals surface area contributed by atoms with Crippen LogP contribution in [-0.2, 0) is 4.79 Å². The van der Waals surface area contributed by atoms with Crippen LogP contribution in [0.1, 0.15) is 12.8 Å². The quantitative estimate of drug-likeness (QED) is 0.703. The van der Waals surface area contributed by atoms with Crippen LogP contribution >= 0.6 is 0 Å². The van der Waals surface area contributed by atoms with Crippen molar-refractivity contribution in [2.24, 2.45) is 0 Å². The smallest absolute Gasteiger partial charge is 0.225 e. The molecule has 1 fully saturated rings. The molecule has 0 unspecified atom stereocenters. The predicted molar refractivity (Wildman–Crippen MR) is 68.0 cm³/mol. The molecule has 5 nitrogen and oxygen atoms in total. The van der Waals surface area contributed by atoms with Gasteiger partial charge in [0.1, 0.15) is 5.82 Å². The van der Waals surface area contributed by atoms with Crippen LogP contribution in [0.3, 0.4) is 0 Å². The topological polar surface area (TPSA) is 60.2 Å². The highest BCUT2D eigenvalue weighted by Gasteiger charge is 2.09. The zero-order chi connectivity index (χ0) is 11.9. The lowest BCUT2D eigenvalue weighted by atomic mass is 10.2. The van der Waals surface area contributed by atoms with Gasteiger partial charge in [-0.3, -0.25) is 4.79 Å². The van der Waals surface area contributed by atoms with E-state index in [4.69, 9.17) is 0 Å². The molecule has 0 spiro atoms. The van der Waals surface area contributed by atoms with Crippen molar-refractivity contribution in [2.45, 2.75) is 12.8 Å². The number of aromatic amines is 1. The summed E-state index contributed by atoms with van der Waals surface area (Å²) in [5, 5.41) is 6.15. The van der Waals surface area contributed by atoms with E-state index in [2.05, 4.69) is 20.5 Å². The highest BCUT2D eigenvalue weighted by atomic mass is 16.1. The number of aromatic nitrogens is 1. The van der Waals surface area contributed by atoms with Crippen molar-refractivity contribution < 1.29 is 4.79 Å². The third-order valence-corrected chi connectivity index (χ3v) is 2.96. The van der Waals surface area contributed by atoms with Gasteiger partial charge in [-0.15, -0.1) is 0 Å². The lowest BCUT2D eigenvalue weighted by Crippen LogP contribution is -2.43. The highest BCUT2D eigenvalue weighted by molar-refractivity contribution is 5.89. The van der Waals surface area contributed by atoms with Gasteiger partial charge in [-0.2, -0.15) is 0 Å². The summed E-state index contributed by atoms with van der Waals surface area (Å²) >= 11 is 0. The number of amides is 1. The van der Waals surface area contributed by atoms with Crippen molar-refractivity contribution >= 4 is 11.7 Å². The lowest BCUT2D eigenvalue weighted by molar-refractivity contribution is -0.116. The minimum Gasteiger partial charge on any atom is -0.348 e. The van der Waals surface area contributed by atoms with E-state index in [1.165, 1.54) is 0 Å². The number of anilines is 1. The first kappa shape index (κ1) is 12.1. The Bertz CT molecular complexity index is 330. The summed E-state index contributed by atoms with van der Waals surface area (Å²) in [6.45, 7) is 5.33. The van der Waals surface area contributed by atoms with Gasteiger partial charge in [0.2, 0.25) is 5.91 Å². The van der Waals surface area contributed by atoms with E-state index in [0.29, 0.717) is 6.42 Å². The van der Waals surface area contributed by atoms with Crippen LogP contribution < -0.4 is 10.6 Å². The summed E-state index contributed by atoms with van der Waals surface area (Å²) < 4.78 is 0. The number of hydrogen-bond donors (Lipinski definition) is 3. The lowest BCUT2D eigenvalue weighted by Gasteiger charge is -2.26. The molecule has 2 rings (SSSR count). The van der Waals surface area contributed by atoms with Gasteiger partial charge in [-0.05, 0) is 25.1 Å². The van der Waals surface area contributed by atoms with Gasteiger partial charge >= 0.3 is 0 Å². The van der Waals surface area contributed by atoms with Crippen LogP contribution in [-0.4, -0.2) is 48.5 Å². The third kappa shape index (κ3) is 4.20. The SMILES string of the molecule is O=C(CCCN1CCNCC1)Nc1ccc[nH]1. The van der Waals surface area contributed by atoms with Crippen LogP contribution in [0.2, 0.25) is 0 Å². The minimum atomic E-state index is 0.0857. The van der Waals surface area contributed by atoms with Gasteiger partial charge in [0, 0.05) is 38.8 Å². The molecule has 1 saturated heterocycles. The number of hydrogen-bond acceptors (Lipinski definition) is 3. The Labute approximate surface area is 102 Å². The summed E-state index contributed by atoms with van der Waals surface area (Å²) in [7, 11) is 0. The van der Waals surface area contributed by atoms with E-state index in [1.54, 1.807) is 6.20 Å². The monoisotopic (exact) mass is 236 g/mol. The number of rotatable bonds is 5. The van der Waals surface area contributed by atoms with E-state index in [1.807, 2.05) is 12.1 Å². The van der Waals surface area contributed by atoms with Crippen LogP contribution in [0.25, 0.3) is 0 Å². The van der Waals surface area contributed by atoms with Crippen molar-refractivity contribution in [3.05, 3.63) is 18.3 Å². The van der Waals surface area contributed by atoms with E-state index in [9.17, 15) is 4.79 Å². The average Bonchev–Trinajstić information content (AvgIpc) is 2.83. The molecule has 5 heteroatoms. The van der Waals surface area contributed by atoms with Crippen LogP contribution in [0.15, 0.2) is 18.3 Å². The Hall–Kier alpha value is -1.33. The van der Waals surface area contributed by atoms with Gasteiger partial charge < -0.3 is 20.5 Å². The maximum atomic E-state index is 11.6. The summed E-state index contributed by atoms with van der Waals surface area (Å²) in [5.41, 5.74) is 0. The molecule has 0 bridgehead atoms. The van der Waals surface area contributed by atoms with E-state index in [-0.39, 0.29) is 5.91 Å². The fourth-order valence-electron chi connectivity index (χ4n) is 2.02. The van der Waals surface area contributed by atoms with Crippen LogP contribution in [0.5, 0.6) is 0 Å². The molecule has 0 atom stereocenters. The number of piperazine rings is 1. The minimum absolute atomic E-state index is 0.0857. The van der Waals surface area contributed by atoms with Gasteiger partial charge in [-0.25, -0.2) is 0 Å². The normalized spacial score (nSPS) is 16.9. The molecule has 94 valence electrons. The Morgan fingerprint density at radius 2 is 2.24 bits per heavy atom. The van der Waals surface area contributed by atoms with Gasteiger partial charge in [0.25, 0.3) is 0 Å². The molecule has 1 aliphatic rings. The second-order valence-electron chi connectivity index (χ2n) is 4.33. The number of nitrogens with one attached hydrogen (secondary N) is 3. The second kappa shape index (κ2) is 6.42. The molecular formula is C12H20N4O. The van der Waals surface area contributed by atoms with Crippen molar-refractivity contribution in [1.29, 1.82) is 0 Å². The second-order valence-corrected chi connectivity index (χ2v) is 4.33. The standard InChI is InChI=1S/C12H20N4O/c17-12(15-11-3-1-5-14-11)4-2-8-16-9-6-13-7-10-16/h1,3,5,13-14H,2,4,6-10H2,(H,15,17). The number of carbonyl (C=O) groups is 1. The molecular weight excluding hydrogens is 216 g/mol. The number of H-pyrrole nitrogens is 1. The number of nitrogens with zero attached hydrogens (tertiary/aromatic N) is 1. The van der Waals surface area contributed by atoms with Gasteiger partial charge in [0.15, 0.2) is 0 Å². The molecule has 0 aromatic carbocycles. The number of carbonyl (C=O) groups excluding carboxylic acids is 1. The average molecular weight is 236 g/mol. The molecule has 0 saturated carbocycles. The highest BCUT2D eigenvalue weighted by Crippen LogP contribution is 2.03. The summed E-state index contributed by atoms with van der Waals surface area (Å²) in [6, 6.07) is 3.73. The van der Waals surface area contributed by atoms with Gasteiger partial charge in [-0.1, -0.05) is 0 Å².